The van der Waals surface area contributed by atoms with Gasteiger partial charge in [0.2, 0.25) is 0 Å². The Labute approximate surface area is 104 Å². The van der Waals surface area contributed by atoms with Crippen molar-refractivity contribution in [3.05, 3.63) is 35.1 Å². The topological polar surface area (TPSA) is 20.3 Å². The van der Waals surface area contributed by atoms with Crippen LogP contribution in [0.5, 0.6) is 0 Å². The number of halogens is 3. The lowest BCUT2D eigenvalue weighted by atomic mass is 10.1. The van der Waals surface area contributed by atoms with Crippen molar-refractivity contribution in [2.24, 2.45) is 0 Å². The summed E-state index contributed by atoms with van der Waals surface area (Å²) in [6.07, 6.45) is 1.68. The molecule has 0 fully saturated rings. The highest BCUT2D eigenvalue weighted by Crippen LogP contribution is 2.16. The minimum atomic E-state index is -1.56. The van der Waals surface area contributed by atoms with Gasteiger partial charge in [0, 0.05) is 18.7 Å². The van der Waals surface area contributed by atoms with Crippen LogP contribution in [0.3, 0.4) is 0 Å². The number of hydrogen-bond donors (Lipinski definition) is 0. The molecular formula is C13H16F3NO. The number of carbonyl (C=O) groups is 1. The van der Waals surface area contributed by atoms with Crippen molar-refractivity contribution in [1.29, 1.82) is 0 Å². The maximum absolute atomic E-state index is 13.0. The largest absolute Gasteiger partial charge is 0.339 e. The Balaban J connectivity index is 2.97. The van der Waals surface area contributed by atoms with Crippen molar-refractivity contribution in [1.82, 2.24) is 4.90 Å². The van der Waals surface area contributed by atoms with Crippen LogP contribution in [0.1, 0.15) is 37.0 Å². The van der Waals surface area contributed by atoms with Crippen molar-refractivity contribution in [3.63, 3.8) is 0 Å². The van der Waals surface area contributed by atoms with Gasteiger partial charge in [-0.15, -0.1) is 0 Å². The Morgan fingerprint density at radius 2 is 1.78 bits per heavy atom. The fourth-order valence-corrected chi connectivity index (χ4v) is 1.69. The van der Waals surface area contributed by atoms with Crippen molar-refractivity contribution >= 4 is 5.91 Å². The van der Waals surface area contributed by atoms with E-state index in [0.717, 1.165) is 25.0 Å². The number of benzene rings is 1. The maximum atomic E-state index is 13.0. The molecule has 0 aliphatic carbocycles. The van der Waals surface area contributed by atoms with Crippen LogP contribution in [-0.4, -0.2) is 23.9 Å². The van der Waals surface area contributed by atoms with Crippen LogP contribution >= 0.6 is 0 Å². The van der Waals surface area contributed by atoms with Crippen LogP contribution in [0.4, 0.5) is 13.2 Å². The zero-order valence-corrected chi connectivity index (χ0v) is 10.6. The van der Waals surface area contributed by atoms with E-state index in [4.69, 9.17) is 0 Å². The molecule has 0 radical (unpaired) electrons. The Morgan fingerprint density at radius 1 is 1.28 bits per heavy atom. The quantitative estimate of drug-likeness (QED) is 0.759. The van der Waals surface area contributed by atoms with Crippen molar-refractivity contribution < 1.29 is 18.0 Å². The Morgan fingerprint density at radius 3 is 2.22 bits per heavy atom. The molecule has 5 heteroatoms. The Hall–Kier alpha value is -1.52. The smallest absolute Gasteiger partial charge is 0.254 e. The monoisotopic (exact) mass is 259 g/mol. The molecule has 0 aliphatic rings. The normalized spacial score (nSPS) is 12.3. The molecule has 1 aromatic rings. The van der Waals surface area contributed by atoms with E-state index in [9.17, 15) is 18.0 Å². The summed E-state index contributed by atoms with van der Waals surface area (Å²) in [6.45, 7) is 3.82. The molecule has 18 heavy (non-hydrogen) atoms. The average Bonchev–Trinajstić information content (AvgIpc) is 2.33. The van der Waals surface area contributed by atoms with Gasteiger partial charge in [0.05, 0.1) is 0 Å². The van der Waals surface area contributed by atoms with Crippen LogP contribution in [0.2, 0.25) is 0 Å². The summed E-state index contributed by atoms with van der Waals surface area (Å²) < 4.78 is 38.8. The SMILES string of the molecule is CCCC(C)N(C)C(=O)c1cc(F)c(F)c(F)c1. The van der Waals surface area contributed by atoms with E-state index in [1.807, 2.05) is 13.8 Å². The van der Waals surface area contributed by atoms with Crippen LogP contribution < -0.4 is 0 Å². The van der Waals surface area contributed by atoms with E-state index in [2.05, 4.69) is 0 Å². The lowest BCUT2D eigenvalue weighted by Gasteiger charge is -2.24. The van der Waals surface area contributed by atoms with Crippen molar-refractivity contribution in [3.8, 4) is 0 Å². The summed E-state index contributed by atoms with van der Waals surface area (Å²) in [5, 5.41) is 0. The minimum absolute atomic E-state index is 0.0429. The lowest BCUT2D eigenvalue weighted by molar-refractivity contribution is 0.0735. The van der Waals surface area contributed by atoms with E-state index in [-0.39, 0.29) is 11.6 Å². The fraction of sp³-hybridized carbons (Fsp3) is 0.462. The third kappa shape index (κ3) is 3.03. The Kier molecular flexibility index (Phi) is 4.76. The summed E-state index contributed by atoms with van der Waals surface area (Å²) >= 11 is 0. The zero-order chi connectivity index (χ0) is 13.9. The molecule has 0 saturated carbocycles. The Bertz CT molecular complexity index is 425. The summed E-state index contributed by atoms with van der Waals surface area (Å²) in [6, 6.07) is 1.39. The highest BCUT2D eigenvalue weighted by molar-refractivity contribution is 5.94. The van der Waals surface area contributed by atoms with Gasteiger partial charge in [-0.1, -0.05) is 13.3 Å². The van der Waals surface area contributed by atoms with Gasteiger partial charge in [0.25, 0.3) is 5.91 Å². The molecule has 1 unspecified atom stereocenters. The molecule has 0 aliphatic heterocycles. The minimum Gasteiger partial charge on any atom is -0.339 e. The standard InChI is InChI=1S/C13H16F3NO/c1-4-5-8(2)17(3)13(18)9-6-10(14)12(16)11(15)7-9/h6-8H,4-5H2,1-3H3. The lowest BCUT2D eigenvalue weighted by Crippen LogP contribution is -2.35. The second kappa shape index (κ2) is 5.89. The van der Waals surface area contributed by atoms with Crippen molar-refractivity contribution in [2.45, 2.75) is 32.7 Å². The van der Waals surface area contributed by atoms with E-state index >= 15 is 0 Å². The number of carbonyl (C=O) groups excluding carboxylic acids is 1. The third-order valence-corrected chi connectivity index (χ3v) is 2.92. The summed E-state index contributed by atoms with van der Waals surface area (Å²) in [5.74, 6) is -4.78. The third-order valence-electron chi connectivity index (χ3n) is 2.92. The van der Waals surface area contributed by atoms with Crippen LogP contribution in [0.25, 0.3) is 0 Å². The fourth-order valence-electron chi connectivity index (χ4n) is 1.69. The molecule has 0 heterocycles. The molecule has 0 saturated heterocycles. The summed E-state index contributed by atoms with van der Waals surface area (Å²) in [4.78, 5) is 13.3. The molecule has 100 valence electrons. The first-order valence-electron chi connectivity index (χ1n) is 5.80. The summed E-state index contributed by atoms with van der Waals surface area (Å²) in [5.41, 5.74) is -0.183. The van der Waals surface area contributed by atoms with Crippen molar-refractivity contribution in [2.75, 3.05) is 7.05 Å². The van der Waals surface area contributed by atoms with E-state index in [1.54, 1.807) is 7.05 Å². The highest BCUT2D eigenvalue weighted by Gasteiger charge is 2.20. The van der Waals surface area contributed by atoms with Gasteiger partial charge in [-0.2, -0.15) is 0 Å². The first-order chi connectivity index (χ1) is 8.38. The molecule has 0 N–H and O–H groups in total. The van der Waals surface area contributed by atoms with Gasteiger partial charge in [-0.05, 0) is 25.5 Å². The zero-order valence-electron chi connectivity index (χ0n) is 10.6. The first-order valence-corrected chi connectivity index (χ1v) is 5.80. The predicted octanol–water partition coefficient (Wildman–Crippen LogP) is 3.36. The molecule has 2 nitrogen and oxygen atoms in total. The number of rotatable bonds is 4. The van der Waals surface area contributed by atoms with Gasteiger partial charge < -0.3 is 4.90 Å². The highest BCUT2D eigenvalue weighted by atomic mass is 19.2. The predicted molar refractivity (Wildman–Crippen MR) is 62.8 cm³/mol. The second-order valence-corrected chi connectivity index (χ2v) is 4.31. The van der Waals surface area contributed by atoms with E-state index < -0.39 is 23.4 Å². The first kappa shape index (κ1) is 14.5. The van der Waals surface area contributed by atoms with Gasteiger partial charge in [-0.25, -0.2) is 13.2 Å². The van der Waals surface area contributed by atoms with Gasteiger partial charge in [0.15, 0.2) is 17.5 Å². The van der Waals surface area contributed by atoms with Gasteiger partial charge in [-0.3, -0.25) is 4.79 Å². The van der Waals surface area contributed by atoms with Gasteiger partial charge >= 0.3 is 0 Å². The number of nitrogens with zero attached hydrogens (tertiary/aromatic N) is 1. The molecular weight excluding hydrogens is 243 g/mol. The van der Waals surface area contributed by atoms with E-state index in [1.165, 1.54) is 4.90 Å². The second-order valence-electron chi connectivity index (χ2n) is 4.31. The van der Waals surface area contributed by atoms with Crippen LogP contribution in [0.15, 0.2) is 12.1 Å². The van der Waals surface area contributed by atoms with Crippen LogP contribution in [0, 0.1) is 17.5 Å². The molecule has 1 atom stereocenters. The van der Waals surface area contributed by atoms with E-state index in [0.29, 0.717) is 0 Å². The molecule has 1 amide bonds. The van der Waals surface area contributed by atoms with Crippen LogP contribution in [-0.2, 0) is 0 Å². The molecule has 0 spiro atoms. The number of hydrogen-bond acceptors (Lipinski definition) is 1. The molecule has 1 rings (SSSR count). The molecule has 0 bridgehead atoms. The average molecular weight is 259 g/mol. The molecule has 1 aromatic carbocycles. The number of amides is 1. The van der Waals surface area contributed by atoms with Gasteiger partial charge in [0.1, 0.15) is 0 Å². The molecule has 0 aromatic heterocycles. The summed E-state index contributed by atoms with van der Waals surface area (Å²) in [7, 11) is 1.56. The maximum Gasteiger partial charge on any atom is 0.254 e.